The number of rotatable bonds is 8. The van der Waals surface area contributed by atoms with Gasteiger partial charge in [0, 0.05) is 17.2 Å². The Morgan fingerprint density at radius 3 is 2.53 bits per heavy atom. The number of hydrazone groups is 1. The number of nitrogens with zero attached hydrogens (tertiary/aromatic N) is 4. The second-order valence-corrected chi connectivity index (χ2v) is 8.32. The summed E-state index contributed by atoms with van der Waals surface area (Å²) in [6, 6.07) is 17.8. The zero-order valence-electron chi connectivity index (χ0n) is 17.8. The molecule has 11 heteroatoms. The highest BCUT2D eigenvalue weighted by atomic mass is 35.5. The maximum atomic E-state index is 13.1. The molecular weight excluding hydrogens is 480 g/mol. The highest BCUT2D eigenvalue weighted by Crippen LogP contribution is 2.32. The number of ether oxygens (including phenoxy) is 2. The van der Waals surface area contributed by atoms with Gasteiger partial charge in [-0.3, -0.25) is 14.9 Å². The van der Waals surface area contributed by atoms with Crippen molar-refractivity contribution in [3.8, 4) is 11.5 Å². The lowest BCUT2D eigenvalue weighted by Crippen LogP contribution is -2.30. The van der Waals surface area contributed by atoms with Crippen molar-refractivity contribution in [1.29, 1.82) is 0 Å². The molecule has 0 radical (unpaired) electrons. The average molecular weight is 497 g/mol. The molecule has 9 nitrogen and oxygen atoms in total. The van der Waals surface area contributed by atoms with Gasteiger partial charge < -0.3 is 9.47 Å². The molecule has 0 atom stereocenters. The molecule has 0 aliphatic carbocycles. The number of carbonyl (C=O) groups is 1. The van der Waals surface area contributed by atoms with Crippen molar-refractivity contribution in [3.63, 3.8) is 0 Å². The molecule has 3 aromatic carbocycles. The maximum absolute atomic E-state index is 13.1. The predicted octanol–water partition coefficient (Wildman–Crippen LogP) is 5.31. The molecule has 0 saturated carbocycles. The highest BCUT2D eigenvalue weighted by Gasteiger charge is 2.20. The fourth-order valence-corrected chi connectivity index (χ4v) is 3.97. The molecule has 0 N–H and O–H groups in total. The number of nitro benzene ring substituents is 1. The van der Waals surface area contributed by atoms with Crippen LogP contribution in [0.25, 0.3) is 10.2 Å². The average Bonchev–Trinajstić information content (AvgIpc) is 3.27. The van der Waals surface area contributed by atoms with Crippen LogP contribution in [0, 0.1) is 10.1 Å². The van der Waals surface area contributed by atoms with Gasteiger partial charge in [0.2, 0.25) is 5.13 Å². The predicted molar refractivity (Wildman–Crippen MR) is 131 cm³/mol. The molecule has 172 valence electrons. The minimum Gasteiger partial charge on any atom is -0.497 e. The quantitative estimate of drug-likeness (QED) is 0.186. The standard InChI is InChI=1S/C23H17ClN4O5S/c1-32-19-10-11-20-21(12-19)34-23(26-20)27(22(29)14-33-18-8-4-16(24)5-9-18)25-13-15-2-6-17(7-3-15)28(30)31/h2-13H,14H2,1H3/b25-13+. The molecule has 0 saturated heterocycles. The van der Waals surface area contributed by atoms with Gasteiger partial charge in [0.1, 0.15) is 11.5 Å². The number of aromatic nitrogens is 1. The zero-order chi connectivity index (χ0) is 24.1. The SMILES string of the molecule is COc1ccc2nc(N(/N=C/c3ccc([N+](=O)[O-])cc3)C(=O)COc3ccc(Cl)cc3)sc2c1. The molecule has 0 aliphatic rings. The first-order chi connectivity index (χ1) is 16.4. The third kappa shape index (κ3) is 5.48. The highest BCUT2D eigenvalue weighted by molar-refractivity contribution is 7.22. The first-order valence-corrected chi connectivity index (χ1v) is 11.1. The Morgan fingerprint density at radius 1 is 1.15 bits per heavy atom. The topological polar surface area (TPSA) is 107 Å². The van der Waals surface area contributed by atoms with E-state index in [1.165, 1.54) is 41.8 Å². The largest absolute Gasteiger partial charge is 0.497 e. The summed E-state index contributed by atoms with van der Waals surface area (Å²) in [4.78, 5) is 28.0. The molecule has 0 fully saturated rings. The van der Waals surface area contributed by atoms with Crippen molar-refractivity contribution in [3.05, 3.63) is 87.4 Å². The molecule has 1 aromatic heterocycles. The van der Waals surface area contributed by atoms with Crippen molar-refractivity contribution in [2.45, 2.75) is 0 Å². The second-order valence-electron chi connectivity index (χ2n) is 6.87. The zero-order valence-corrected chi connectivity index (χ0v) is 19.3. The Morgan fingerprint density at radius 2 is 1.85 bits per heavy atom. The summed E-state index contributed by atoms with van der Waals surface area (Å²) in [5, 5.41) is 17.2. The lowest BCUT2D eigenvalue weighted by molar-refractivity contribution is -0.384. The number of methoxy groups -OCH3 is 1. The van der Waals surface area contributed by atoms with E-state index in [4.69, 9.17) is 21.1 Å². The van der Waals surface area contributed by atoms with Crippen LogP contribution in [0.5, 0.6) is 11.5 Å². The number of amides is 1. The van der Waals surface area contributed by atoms with E-state index in [2.05, 4.69) is 10.1 Å². The van der Waals surface area contributed by atoms with E-state index in [1.807, 2.05) is 6.07 Å². The molecule has 1 amide bonds. The van der Waals surface area contributed by atoms with Crippen LogP contribution in [0.3, 0.4) is 0 Å². The fraction of sp³-hybridized carbons (Fsp3) is 0.0870. The number of fused-ring (bicyclic) bond motifs is 1. The maximum Gasteiger partial charge on any atom is 0.287 e. The Bertz CT molecular complexity index is 1360. The van der Waals surface area contributed by atoms with Gasteiger partial charge in [-0.2, -0.15) is 10.1 Å². The van der Waals surface area contributed by atoms with Crippen LogP contribution in [0.1, 0.15) is 5.56 Å². The van der Waals surface area contributed by atoms with Crippen molar-refractivity contribution in [2.75, 3.05) is 18.7 Å². The summed E-state index contributed by atoms with van der Waals surface area (Å²) in [6.45, 7) is -0.293. The third-order valence-corrected chi connectivity index (χ3v) is 5.85. The Hall–Kier alpha value is -4.02. The van der Waals surface area contributed by atoms with Crippen LogP contribution in [-0.2, 0) is 4.79 Å². The van der Waals surface area contributed by atoms with Gasteiger partial charge in [-0.15, -0.1) is 0 Å². The summed E-state index contributed by atoms with van der Waals surface area (Å²) in [5.74, 6) is 0.686. The van der Waals surface area contributed by atoms with E-state index in [9.17, 15) is 14.9 Å². The van der Waals surface area contributed by atoms with E-state index in [0.29, 0.717) is 32.7 Å². The normalized spacial score (nSPS) is 11.0. The Kier molecular flexibility index (Phi) is 7.00. The van der Waals surface area contributed by atoms with Crippen molar-refractivity contribution in [1.82, 2.24) is 4.98 Å². The first kappa shape index (κ1) is 23.1. The van der Waals surface area contributed by atoms with Crippen molar-refractivity contribution >= 4 is 56.1 Å². The van der Waals surface area contributed by atoms with E-state index >= 15 is 0 Å². The lowest BCUT2D eigenvalue weighted by Gasteiger charge is -2.14. The summed E-state index contributed by atoms with van der Waals surface area (Å²) in [5.41, 5.74) is 1.22. The van der Waals surface area contributed by atoms with Crippen LogP contribution in [0.4, 0.5) is 10.8 Å². The number of nitro groups is 1. The summed E-state index contributed by atoms with van der Waals surface area (Å²) < 4.78 is 11.7. The van der Waals surface area contributed by atoms with E-state index < -0.39 is 10.8 Å². The number of non-ortho nitro benzene ring substituents is 1. The number of thiazole rings is 1. The molecule has 34 heavy (non-hydrogen) atoms. The summed E-state index contributed by atoms with van der Waals surface area (Å²) in [7, 11) is 1.57. The van der Waals surface area contributed by atoms with Crippen LogP contribution in [-0.4, -0.2) is 35.7 Å². The number of carbonyl (C=O) groups excluding carboxylic acids is 1. The van der Waals surface area contributed by atoms with Crippen LogP contribution in [0.15, 0.2) is 71.8 Å². The number of halogens is 1. The molecule has 4 aromatic rings. The third-order valence-electron chi connectivity index (χ3n) is 4.60. The molecule has 0 aliphatic heterocycles. The van der Waals surface area contributed by atoms with Gasteiger partial charge in [-0.25, -0.2) is 4.98 Å². The van der Waals surface area contributed by atoms with E-state index in [1.54, 1.807) is 43.5 Å². The Balaban J connectivity index is 1.61. The minimum atomic E-state index is -0.486. The van der Waals surface area contributed by atoms with E-state index in [0.717, 1.165) is 9.71 Å². The summed E-state index contributed by atoms with van der Waals surface area (Å²) in [6.07, 6.45) is 1.43. The van der Waals surface area contributed by atoms with Gasteiger partial charge in [0.05, 0.1) is 28.5 Å². The Labute approximate surface area is 203 Å². The number of anilines is 1. The van der Waals surface area contributed by atoms with Gasteiger partial charge in [-0.1, -0.05) is 22.9 Å². The van der Waals surface area contributed by atoms with Crippen molar-refractivity contribution in [2.24, 2.45) is 5.10 Å². The monoisotopic (exact) mass is 496 g/mol. The van der Waals surface area contributed by atoms with Crippen LogP contribution in [0.2, 0.25) is 5.02 Å². The molecule has 0 spiro atoms. The molecule has 1 heterocycles. The van der Waals surface area contributed by atoms with Gasteiger partial charge in [-0.05, 0) is 60.2 Å². The number of hydrogen-bond donors (Lipinski definition) is 0. The van der Waals surface area contributed by atoms with Crippen LogP contribution >= 0.6 is 22.9 Å². The molecular formula is C23H17ClN4O5S. The first-order valence-electron chi connectivity index (χ1n) is 9.87. The smallest absolute Gasteiger partial charge is 0.287 e. The van der Waals surface area contributed by atoms with Crippen LogP contribution < -0.4 is 14.5 Å². The summed E-state index contributed by atoms with van der Waals surface area (Å²) >= 11 is 7.15. The minimum absolute atomic E-state index is 0.0402. The molecule has 4 rings (SSSR count). The molecule has 0 bridgehead atoms. The lowest BCUT2D eigenvalue weighted by atomic mass is 10.2. The van der Waals surface area contributed by atoms with Crippen molar-refractivity contribution < 1.29 is 19.2 Å². The number of hydrogen-bond acceptors (Lipinski definition) is 8. The molecule has 0 unspecified atom stereocenters. The second kappa shape index (κ2) is 10.3. The van der Waals surface area contributed by atoms with Gasteiger partial charge in [0.15, 0.2) is 6.61 Å². The van der Waals surface area contributed by atoms with Gasteiger partial charge in [0.25, 0.3) is 11.6 Å². The van der Waals surface area contributed by atoms with E-state index in [-0.39, 0.29) is 12.3 Å². The van der Waals surface area contributed by atoms with Gasteiger partial charge >= 0.3 is 0 Å². The fourth-order valence-electron chi connectivity index (χ4n) is 2.87. The number of benzene rings is 3.